The number of ether oxygens (including phenoxy) is 1. The highest BCUT2D eigenvalue weighted by molar-refractivity contribution is 9.10. The van der Waals surface area contributed by atoms with Crippen molar-refractivity contribution in [1.82, 2.24) is 0 Å². The number of ketones is 1. The van der Waals surface area contributed by atoms with Gasteiger partial charge in [-0.25, -0.2) is 0 Å². The summed E-state index contributed by atoms with van der Waals surface area (Å²) < 4.78 is 6.01. The average Bonchev–Trinajstić information content (AvgIpc) is 2.51. The summed E-state index contributed by atoms with van der Waals surface area (Å²) in [7, 11) is 1.56. The fourth-order valence-electron chi connectivity index (χ4n) is 2.25. The molecule has 0 bridgehead atoms. The Morgan fingerprint density at radius 2 is 1.95 bits per heavy atom. The highest BCUT2D eigenvalue weighted by atomic mass is 79.9. The van der Waals surface area contributed by atoms with Gasteiger partial charge in [-0.3, -0.25) is 14.9 Å². The van der Waals surface area contributed by atoms with Gasteiger partial charge in [0.2, 0.25) is 0 Å². The molecule has 0 amide bonds. The minimum atomic E-state index is -0.515. The van der Waals surface area contributed by atoms with Crippen molar-refractivity contribution in [3.05, 3.63) is 67.2 Å². The van der Waals surface area contributed by atoms with Crippen molar-refractivity contribution >= 4 is 27.4 Å². The van der Waals surface area contributed by atoms with Gasteiger partial charge < -0.3 is 4.74 Å². The quantitative estimate of drug-likeness (QED) is 0.463. The maximum Gasteiger partial charge on any atom is 0.270 e. The maximum atomic E-state index is 12.7. The molecule has 0 saturated heterocycles. The zero-order valence-corrected chi connectivity index (χ0v) is 13.9. The summed E-state index contributed by atoms with van der Waals surface area (Å²) >= 11 is 3.44. The molecule has 0 spiro atoms. The lowest BCUT2D eigenvalue weighted by Gasteiger charge is -2.14. The van der Waals surface area contributed by atoms with Gasteiger partial charge in [0.15, 0.2) is 5.78 Å². The van der Waals surface area contributed by atoms with E-state index in [2.05, 4.69) is 15.9 Å². The minimum absolute atomic E-state index is 0.104. The van der Waals surface area contributed by atoms with Gasteiger partial charge in [-0.1, -0.05) is 12.1 Å². The Kier molecular flexibility index (Phi) is 4.61. The number of halogens is 1. The van der Waals surface area contributed by atoms with Gasteiger partial charge in [-0.15, -0.1) is 0 Å². The standard InChI is InChI=1S/C16H14BrNO4/c1-9-7-13(10(2)14(17)16(9)22-3)15(19)11-5-4-6-12(8-11)18(20)21/h4-8H,1-3H3. The number of nitro groups is 1. The Hall–Kier alpha value is -2.21. The van der Waals surface area contributed by atoms with Crippen LogP contribution in [0.1, 0.15) is 27.0 Å². The van der Waals surface area contributed by atoms with Crippen LogP contribution in [0.5, 0.6) is 5.75 Å². The lowest BCUT2D eigenvalue weighted by molar-refractivity contribution is -0.384. The zero-order valence-electron chi connectivity index (χ0n) is 12.3. The van der Waals surface area contributed by atoms with Crippen LogP contribution in [0.2, 0.25) is 0 Å². The van der Waals surface area contributed by atoms with E-state index in [-0.39, 0.29) is 17.0 Å². The summed E-state index contributed by atoms with van der Waals surface area (Å²) in [6.07, 6.45) is 0. The number of hydrogen-bond donors (Lipinski definition) is 0. The smallest absolute Gasteiger partial charge is 0.270 e. The van der Waals surface area contributed by atoms with Crippen molar-refractivity contribution in [1.29, 1.82) is 0 Å². The summed E-state index contributed by atoms with van der Waals surface area (Å²) in [4.78, 5) is 23.0. The normalized spacial score (nSPS) is 10.4. The molecule has 0 unspecified atom stereocenters. The molecule has 6 heteroatoms. The van der Waals surface area contributed by atoms with Crippen LogP contribution in [0.25, 0.3) is 0 Å². The zero-order chi connectivity index (χ0) is 16.4. The van der Waals surface area contributed by atoms with Gasteiger partial charge in [0.05, 0.1) is 16.5 Å². The van der Waals surface area contributed by atoms with Crippen molar-refractivity contribution in [2.24, 2.45) is 0 Å². The molecule has 0 aliphatic heterocycles. The number of rotatable bonds is 4. The van der Waals surface area contributed by atoms with Gasteiger partial charge in [-0.05, 0) is 47.0 Å². The van der Waals surface area contributed by atoms with E-state index in [1.165, 1.54) is 18.2 Å². The Bertz CT molecular complexity index is 771. The van der Waals surface area contributed by atoms with Crippen LogP contribution in [-0.4, -0.2) is 17.8 Å². The number of carbonyl (C=O) groups excluding carboxylic acids is 1. The van der Waals surface area contributed by atoms with Gasteiger partial charge in [-0.2, -0.15) is 0 Å². The van der Waals surface area contributed by atoms with E-state index < -0.39 is 4.92 Å². The second-order valence-electron chi connectivity index (χ2n) is 4.85. The van der Waals surface area contributed by atoms with Crippen LogP contribution in [0, 0.1) is 24.0 Å². The molecular formula is C16H14BrNO4. The number of non-ortho nitro benzene ring substituents is 1. The van der Waals surface area contributed by atoms with E-state index in [9.17, 15) is 14.9 Å². The first-order chi connectivity index (χ1) is 10.4. The van der Waals surface area contributed by atoms with E-state index in [4.69, 9.17) is 4.74 Å². The third-order valence-electron chi connectivity index (χ3n) is 3.42. The number of benzene rings is 2. The first-order valence-electron chi connectivity index (χ1n) is 6.49. The second kappa shape index (κ2) is 6.27. The number of methoxy groups -OCH3 is 1. The van der Waals surface area contributed by atoms with Crippen LogP contribution >= 0.6 is 15.9 Å². The van der Waals surface area contributed by atoms with E-state index in [0.717, 1.165) is 11.1 Å². The van der Waals surface area contributed by atoms with Crippen LogP contribution < -0.4 is 4.74 Å². The largest absolute Gasteiger partial charge is 0.495 e. The number of nitro benzene ring substituents is 1. The van der Waals surface area contributed by atoms with Crippen LogP contribution in [0.4, 0.5) is 5.69 Å². The molecule has 0 aromatic heterocycles. The third kappa shape index (κ3) is 2.87. The second-order valence-corrected chi connectivity index (χ2v) is 5.64. The van der Waals surface area contributed by atoms with Crippen LogP contribution in [0.15, 0.2) is 34.8 Å². The van der Waals surface area contributed by atoms with E-state index in [1.807, 2.05) is 6.92 Å². The van der Waals surface area contributed by atoms with Gasteiger partial charge >= 0.3 is 0 Å². The van der Waals surface area contributed by atoms with Crippen LogP contribution in [-0.2, 0) is 0 Å². The molecule has 5 nitrogen and oxygen atoms in total. The molecule has 2 aromatic carbocycles. The van der Waals surface area contributed by atoms with Gasteiger partial charge in [0, 0.05) is 23.3 Å². The third-order valence-corrected chi connectivity index (χ3v) is 4.37. The Morgan fingerprint density at radius 3 is 2.55 bits per heavy atom. The fourth-order valence-corrected chi connectivity index (χ4v) is 2.94. The van der Waals surface area contributed by atoms with Crippen molar-refractivity contribution in [2.45, 2.75) is 13.8 Å². The maximum absolute atomic E-state index is 12.7. The molecule has 0 atom stereocenters. The van der Waals surface area contributed by atoms with Crippen molar-refractivity contribution in [3.8, 4) is 5.75 Å². The van der Waals surface area contributed by atoms with E-state index in [1.54, 1.807) is 26.2 Å². The lowest BCUT2D eigenvalue weighted by atomic mass is 9.96. The number of hydrogen-bond acceptors (Lipinski definition) is 4. The fraction of sp³-hybridized carbons (Fsp3) is 0.188. The summed E-state index contributed by atoms with van der Waals surface area (Å²) in [6.45, 7) is 3.64. The Labute approximate surface area is 136 Å². The summed E-state index contributed by atoms with van der Waals surface area (Å²) in [6, 6.07) is 7.46. The van der Waals surface area contributed by atoms with E-state index in [0.29, 0.717) is 15.8 Å². The molecule has 0 aliphatic carbocycles. The first kappa shape index (κ1) is 16.2. The molecule has 2 rings (SSSR count). The average molecular weight is 364 g/mol. The molecule has 0 saturated carbocycles. The summed E-state index contributed by atoms with van der Waals surface area (Å²) in [5.74, 6) is 0.417. The molecule has 0 aliphatic rings. The molecular weight excluding hydrogens is 350 g/mol. The topological polar surface area (TPSA) is 69.4 Å². The highest BCUT2D eigenvalue weighted by Gasteiger charge is 2.19. The van der Waals surface area contributed by atoms with Crippen molar-refractivity contribution in [3.63, 3.8) is 0 Å². The molecule has 0 radical (unpaired) electrons. The van der Waals surface area contributed by atoms with Crippen LogP contribution in [0.3, 0.4) is 0 Å². The van der Waals surface area contributed by atoms with Gasteiger partial charge in [0.25, 0.3) is 5.69 Å². The molecule has 0 N–H and O–H groups in total. The lowest BCUT2D eigenvalue weighted by Crippen LogP contribution is -2.06. The number of aryl methyl sites for hydroxylation is 1. The summed E-state index contributed by atoms with van der Waals surface area (Å²) in [5.41, 5.74) is 2.22. The molecule has 114 valence electrons. The van der Waals surface area contributed by atoms with Gasteiger partial charge in [0.1, 0.15) is 5.75 Å². The highest BCUT2D eigenvalue weighted by Crippen LogP contribution is 2.35. The molecule has 2 aromatic rings. The van der Waals surface area contributed by atoms with E-state index >= 15 is 0 Å². The Morgan fingerprint density at radius 1 is 1.27 bits per heavy atom. The monoisotopic (exact) mass is 363 g/mol. The minimum Gasteiger partial charge on any atom is -0.495 e. The SMILES string of the molecule is COc1c(C)cc(C(=O)c2cccc([N+](=O)[O-])c2)c(C)c1Br. The molecule has 22 heavy (non-hydrogen) atoms. The predicted octanol–water partition coefficient (Wildman–Crippen LogP) is 4.21. The van der Waals surface area contributed by atoms with Crippen molar-refractivity contribution in [2.75, 3.05) is 7.11 Å². The van der Waals surface area contributed by atoms with Crippen molar-refractivity contribution < 1.29 is 14.5 Å². The Balaban J connectivity index is 2.55. The summed E-state index contributed by atoms with van der Waals surface area (Å²) in [5, 5.41) is 10.8. The predicted molar refractivity (Wildman–Crippen MR) is 86.7 cm³/mol. The molecule has 0 heterocycles. The number of nitrogens with zero attached hydrogens (tertiary/aromatic N) is 1. The first-order valence-corrected chi connectivity index (χ1v) is 7.29. The molecule has 0 fully saturated rings. The number of carbonyl (C=O) groups is 1.